The van der Waals surface area contributed by atoms with E-state index in [-0.39, 0.29) is 34.2 Å². The van der Waals surface area contributed by atoms with Crippen LogP contribution in [0.2, 0.25) is 18.1 Å². The topological polar surface area (TPSA) is 210 Å². The van der Waals surface area contributed by atoms with Crippen molar-refractivity contribution in [3.05, 3.63) is 78.1 Å². The van der Waals surface area contributed by atoms with E-state index in [4.69, 9.17) is 20.7 Å². The first-order valence-electron chi connectivity index (χ1n) is 23.2. The number of aromatic nitrogens is 3. The van der Waals surface area contributed by atoms with Gasteiger partial charge in [-0.3, -0.25) is 24.3 Å². The number of rotatable bonds is 21. The Labute approximate surface area is 395 Å². The fourth-order valence-electron chi connectivity index (χ4n) is 7.33. The van der Waals surface area contributed by atoms with Gasteiger partial charge in [0, 0.05) is 24.9 Å². The van der Waals surface area contributed by atoms with E-state index in [0.717, 1.165) is 32.2 Å². The molecular formula is C49H79N7O8SSi. The monoisotopic (exact) mass is 954 g/mol. The zero-order valence-corrected chi connectivity index (χ0v) is 44.2. The molecule has 0 saturated heterocycles. The largest absolute Gasteiger partial charge is 0.443 e. The number of amides is 3. The van der Waals surface area contributed by atoms with Crippen molar-refractivity contribution in [2.75, 3.05) is 0 Å². The van der Waals surface area contributed by atoms with Gasteiger partial charge in [-0.1, -0.05) is 99.4 Å². The molecule has 3 amide bonds. The predicted molar refractivity (Wildman–Crippen MR) is 261 cm³/mol. The van der Waals surface area contributed by atoms with Crippen molar-refractivity contribution in [2.24, 2.45) is 34.7 Å². The normalized spacial score (nSPS) is 15.9. The molecule has 15 nitrogen and oxygen atoms in total. The lowest BCUT2D eigenvalue weighted by Crippen LogP contribution is -2.61. The Bertz CT molecular complexity index is 2220. The van der Waals surface area contributed by atoms with Crippen LogP contribution in [-0.2, 0) is 40.0 Å². The van der Waals surface area contributed by atoms with Gasteiger partial charge in [-0.2, -0.15) is 0 Å². The van der Waals surface area contributed by atoms with Gasteiger partial charge in [-0.25, -0.2) is 33.0 Å². The number of ketones is 1. The summed E-state index contributed by atoms with van der Waals surface area (Å²) < 4.78 is 40.8. The molecule has 0 aliphatic rings. The van der Waals surface area contributed by atoms with Crippen LogP contribution in [0.5, 0.6) is 0 Å². The van der Waals surface area contributed by atoms with Crippen LogP contribution in [0.4, 0.5) is 4.79 Å². The lowest BCUT2D eigenvalue weighted by Gasteiger charge is -2.45. The van der Waals surface area contributed by atoms with Crippen molar-refractivity contribution < 1.29 is 36.8 Å². The minimum atomic E-state index is -4.05. The van der Waals surface area contributed by atoms with Gasteiger partial charge >= 0.3 is 6.09 Å². The molecule has 0 spiro atoms. The Morgan fingerprint density at radius 2 is 1.50 bits per heavy atom. The molecule has 3 aromatic rings. The van der Waals surface area contributed by atoms with Crippen molar-refractivity contribution in [3.63, 3.8) is 0 Å². The standard InChI is InChI=1S/C49H79N7O8SSi/c1-17-35(7)41(56(51)46(60)63-47(8,9)10)43(57)42(40-20-18-19-27-52-40)55(44(58)39(50)28-36-30-54(31-53-36)65(61,62)38-25-22-34(6)23-26-38)45(59)49(14,33(4)5)29-37(24-21-32(2)3)64-66(15,16)48(11,12)13/h18-20,22-23,25-27,30-33,35,37,39,41-42H,17,21,24,28-29,50-51H2,1-16H3/t35-,37-,39-,41-,42?,49-/m0/s1. The summed E-state index contributed by atoms with van der Waals surface area (Å²) in [7, 11) is -6.47. The number of imidazole rings is 1. The summed E-state index contributed by atoms with van der Waals surface area (Å²) in [5.41, 5.74) is 5.60. The van der Waals surface area contributed by atoms with Crippen molar-refractivity contribution in [3.8, 4) is 0 Å². The molecule has 0 aliphatic carbocycles. The van der Waals surface area contributed by atoms with Gasteiger partial charge in [0.1, 0.15) is 24.0 Å². The van der Waals surface area contributed by atoms with Crippen LogP contribution in [0.1, 0.15) is 139 Å². The van der Waals surface area contributed by atoms with Crippen LogP contribution >= 0.6 is 0 Å². The minimum absolute atomic E-state index is 0.0410. The number of imide groups is 1. The molecule has 0 radical (unpaired) electrons. The Hall–Kier alpha value is -4.29. The SMILES string of the molecule is CC[C@H](C)[C@@H](C(=O)C(c1ccccn1)N(C(=O)[C@@H](N)Cc1cn(S(=O)(=O)c2ccc(C)cc2)cn1)C(=O)[C@@](C)(C[C@H](CCC(C)C)O[Si](C)(C)C(C)(C)C)C(C)C)N(N)C(=O)OC(C)(C)C. The van der Waals surface area contributed by atoms with Crippen molar-refractivity contribution in [1.29, 1.82) is 0 Å². The van der Waals surface area contributed by atoms with Crippen LogP contribution < -0.4 is 11.6 Å². The van der Waals surface area contributed by atoms with Gasteiger partial charge in [0.15, 0.2) is 14.1 Å². The summed E-state index contributed by atoms with van der Waals surface area (Å²) in [5, 5.41) is 0.592. The number of aryl methyl sites for hydroxylation is 1. The summed E-state index contributed by atoms with van der Waals surface area (Å²) in [6, 6.07) is 6.54. The number of ether oxygens (including phenoxy) is 1. The number of nitrogens with two attached hydrogens (primary N) is 2. The van der Waals surface area contributed by atoms with E-state index in [9.17, 15) is 13.2 Å². The van der Waals surface area contributed by atoms with Gasteiger partial charge < -0.3 is 14.9 Å². The Kier molecular flexibility index (Phi) is 18.9. The number of hydrogen-bond acceptors (Lipinski definition) is 12. The second kappa shape index (κ2) is 22.2. The molecule has 0 saturated carbocycles. The first-order valence-corrected chi connectivity index (χ1v) is 27.5. The number of hydrogen-bond donors (Lipinski definition) is 2. The highest BCUT2D eigenvalue weighted by Crippen LogP contribution is 2.44. The van der Waals surface area contributed by atoms with Gasteiger partial charge in [0.05, 0.1) is 27.7 Å². The second-order valence-electron chi connectivity index (χ2n) is 21.4. The van der Waals surface area contributed by atoms with E-state index in [1.165, 1.54) is 24.5 Å². The molecule has 66 heavy (non-hydrogen) atoms. The van der Waals surface area contributed by atoms with E-state index < -0.39 is 89.1 Å². The minimum Gasteiger partial charge on any atom is -0.443 e. The average Bonchev–Trinajstić information content (AvgIpc) is 3.69. The third-order valence-corrected chi connectivity index (χ3v) is 19.2. The highest BCUT2D eigenvalue weighted by Gasteiger charge is 2.52. The maximum Gasteiger partial charge on any atom is 0.425 e. The average molecular weight is 954 g/mol. The number of nitrogens with zero attached hydrogens (tertiary/aromatic N) is 5. The van der Waals surface area contributed by atoms with E-state index in [1.807, 2.05) is 27.7 Å². The molecule has 3 rings (SSSR count). The molecule has 368 valence electrons. The number of carbonyl (C=O) groups is 4. The zero-order valence-electron chi connectivity index (χ0n) is 42.4. The van der Waals surface area contributed by atoms with E-state index in [0.29, 0.717) is 18.8 Å². The first kappa shape index (κ1) is 56.0. The van der Waals surface area contributed by atoms with Crippen LogP contribution in [0.3, 0.4) is 0 Å². The van der Waals surface area contributed by atoms with Crippen molar-refractivity contribution in [2.45, 2.75) is 182 Å². The van der Waals surface area contributed by atoms with Crippen molar-refractivity contribution >= 4 is 42.0 Å². The lowest BCUT2D eigenvalue weighted by molar-refractivity contribution is -0.162. The first-order chi connectivity index (χ1) is 30.3. The molecular weight excluding hydrogens is 875 g/mol. The third kappa shape index (κ3) is 13.9. The third-order valence-electron chi connectivity index (χ3n) is 13.0. The summed E-state index contributed by atoms with van der Waals surface area (Å²) in [6.07, 6.45) is 4.25. The maximum absolute atomic E-state index is 16.0. The van der Waals surface area contributed by atoms with Crippen molar-refractivity contribution in [1.82, 2.24) is 23.8 Å². The number of Topliss-reactive ketones (excluding diaryl/α,β-unsaturated/α-hetero) is 1. The predicted octanol–water partition coefficient (Wildman–Crippen LogP) is 8.76. The molecule has 2 aromatic heterocycles. The van der Waals surface area contributed by atoms with Crippen LogP contribution in [0.15, 0.2) is 66.1 Å². The molecule has 1 aromatic carbocycles. The highest BCUT2D eigenvalue weighted by atomic mass is 32.2. The highest BCUT2D eigenvalue weighted by molar-refractivity contribution is 7.90. The molecule has 0 aliphatic heterocycles. The van der Waals surface area contributed by atoms with Gasteiger partial charge in [-0.05, 0) is 107 Å². The smallest absolute Gasteiger partial charge is 0.425 e. The molecule has 2 heterocycles. The Morgan fingerprint density at radius 1 is 0.894 bits per heavy atom. The van der Waals surface area contributed by atoms with Gasteiger partial charge in [0.25, 0.3) is 10.0 Å². The van der Waals surface area contributed by atoms with E-state index in [2.05, 4.69) is 57.7 Å². The van der Waals surface area contributed by atoms with Gasteiger partial charge in [-0.15, -0.1) is 0 Å². The Morgan fingerprint density at radius 3 is 2.00 bits per heavy atom. The lowest BCUT2D eigenvalue weighted by atomic mass is 9.72. The molecule has 4 N–H and O–H groups in total. The van der Waals surface area contributed by atoms with Crippen LogP contribution in [0.25, 0.3) is 0 Å². The summed E-state index contributed by atoms with van der Waals surface area (Å²) >= 11 is 0. The molecule has 0 fully saturated rings. The van der Waals surface area contributed by atoms with Crippen LogP contribution in [-0.4, -0.2) is 88.1 Å². The number of hydrazine groups is 1. The van der Waals surface area contributed by atoms with Crippen LogP contribution in [0, 0.1) is 30.1 Å². The summed E-state index contributed by atoms with van der Waals surface area (Å²) in [6.45, 7) is 31.1. The van der Waals surface area contributed by atoms with Gasteiger partial charge in [0.2, 0.25) is 11.8 Å². The molecule has 6 atom stereocenters. The van der Waals surface area contributed by atoms with E-state index >= 15 is 14.4 Å². The summed E-state index contributed by atoms with van der Waals surface area (Å²) in [4.78, 5) is 70.5. The molecule has 17 heteroatoms. The Balaban J connectivity index is 2.33. The molecule has 0 bridgehead atoms. The summed E-state index contributed by atoms with van der Waals surface area (Å²) in [5.74, 6) is 3.53. The number of pyridine rings is 1. The fraction of sp³-hybridized carbons (Fsp3) is 0.633. The number of carbonyl (C=O) groups excluding carboxylic acids is 4. The fourth-order valence-corrected chi connectivity index (χ4v) is 9.87. The second-order valence-corrected chi connectivity index (χ2v) is 28.0. The number of benzene rings is 1. The quantitative estimate of drug-likeness (QED) is 0.0444. The van der Waals surface area contributed by atoms with E-state index in [1.54, 1.807) is 65.0 Å². The zero-order chi connectivity index (χ0) is 50.3. The molecule has 1 unspecified atom stereocenters. The maximum atomic E-state index is 16.0.